The third kappa shape index (κ3) is 4.56. The average Bonchev–Trinajstić information content (AvgIpc) is 3.39. The van der Waals surface area contributed by atoms with E-state index in [9.17, 15) is 4.79 Å². The SMILES string of the molecule is O=C(/C=C/c1cc(-n2ccnc2)cs1)c1ccc(NC2=NCCCS2)cc1. The molecule has 0 bridgehead atoms. The minimum Gasteiger partial charge on any atom is -0.335 e. The van der Waals surface area contributed by atoms with Crippen LogP contribution >= 0.6 is 23.1 Å². The quantitative estimate of drug-likeness (QED) is 0.502. The van der Waals surface area contributed by atoms with Gasteiger partial charge in [-0.2, -0.15) is 0 Å². The molecule has 136 valence electrons. The second kappa shape index (κ2) is 8.37. The molecule has 0 saturated heterocycles. The highest BCUT2D eigenvalue weighted by Gasteiger charge is 2.07. The molecule has 3 aromatic rings. The zero-order valence-electron chi connectivity index (χ0n) is 14.5. The topological polar surface area (TPSA) is 59.3 Å². The molecule has 0 amide bonds. The molecule has 2 aromatic heterocycles. The number of rotatable bonds is 5. The van der Waals surface area contributed by atoms with Crippen LogP contribution in [0.5, 0.6) is 0 Å². The molecule has 7 heteroatoms. The number of hydrogen-bond donors (Lipinski definition) is 1. The number of aromatic nitrogens is 2. The summed E-state index contributed by atoms with van der Waals surface area (Å²) in [7, 11) is 0. The maximum absolute atomic E-state index is 12.4. The van der Waals surface area contributed by atoms with Crippen LogP contribution in [0.4, 0.5) is 5.69 Å². The predicted molar refractivity (Wildman–Crippen MR) is 114 cm³/mol. The average molecular weight is 395 g/mol. The van der Waals surface area contributed by atoms with Crippen LogP contribution in [0.3, 0.4) is 0 Å². The van der Waals surface area contributed by atoms with Crippen LogP contribution in [-0.2, 0) is 0 Å². The first-order valence-corrected chi connectivity index (χ1v) is 10.5. The normalized spacial score (nSPS) is 14.3. The Morgan fingerprint density at radius 2 is 2.15 bits per heavy atom. The Morgan fingerprint density at radius 1 is 1.26 bits per heavy atom. The number of allylic oxidation sites excluding steroid dienone is 1. The summed E-state index contributed by atoms with van der Waals surface area (Å²) in [5.74, 6) is 1.09. The van der Waals surface area contributed by atoms with Gasteiger partial charge in [-0.3, -0.25) is 9.79 Å². The summed E-state index contributed by atoms with van der Waals surface area (Å²) in [5, 5.41) is 6.29. The van der Waals surface area contributed by atoms with Crippen molar-refractivity contribution in [1.29, 1.82) is 0 Å². The second-order valence-corrected chi connectivity index (χ2v) is 7.99. The zero-order valence-corrected chi connectivity index (χ0v) is 16.2. The van der Waals surface area contributed by atoms with E-state index in [1.54, 1.807) is 41.7 Å². The van der Waals surface area contributed by atoms with Crippen molar-refractivity contribution >= 4 is 45.8 Å². The molecule has 0 saturated carbocycles. The van der Waals surface area contributed by atoms with E-state index in [1.165, 1.54) is 0 Å². The van der Waals surface area contributed by atoms with Crippen LogP contribution in [0.1, 0.15) is 21.7 Å². The number of anilines is 1. The van der Waals surface area contributed by atoms with Gasteiger partial charge in [-0.05, 0) is 48.9 Å². The molecule has 0 radical (unpaired) electrons. The van der Waals surface area contributed by atoms with Gasteiger partial charge in [0.25, 0.3) is 0 Å². The summed E-state index contributed by atoms with van der Waals surface area (Å²) in [6.45, 7) is 0.877. The fraction of sp³-hybridized carbons (Fsp3) is 0.150. The minimum atomic E-state index is -0.0106. The number of aliphatic imine (C=N–C) groups is 1. The number of thiophene rings is 1. The standard InChI is InChI=1S/C20H18N4OS2/c25-19(7-6-18-12-17(13-27-18)24-10-9-21-14-24)15-2-4-16(5-3-15)23-20-22-8-1-11-26-20/h2-7,9-10,12-14H,1,8,11H2,(H,22,23)/b7-6+. The molecular formula is C20H18N4OS2. The number of nitrogens with one attached hydrogen (secondary N) is 1. The van der Waals surface area contributed by atoms with Gasteiger partial charge in [0.1, 0.15) is 0 Å². The number of nitrogens with zero attached hydrogens (tertiary/aromatic N) is 3. The van der Waals surface area contributed by atoms with Crippen molar-refractivity contribution in [3.63, 3.8) is 0 Å². The summed E-state index contributed by atoms with van der Waals surface area (Å²) in [5.41, 5.74) is 2.66. The van der Waals surface area contributed by atoms with E-state index in [4.69, 9.17) is 0 Å². The zero-order chi connectivity index (χ0) is 18.5. The number of imidazole rings is 1. The first-order chi connectivity index (χ1) is 13.3. The maximum atomic E-state index is 12.4. The van der Waals surface area contributed by atoms with Crippen LogP contribution in [0.2, 0.25) is 0 Å². The van der Waals surface area contributed by atoms with Crippen molar-refractivity contribution in [3.05, 3.63) is 70.9 Å². The van der Waals surface area contributed by atoms with Crippen LogP contribution in [0.15, 0.2) is 65.5 Å². The highest BCUT2D eigenvalue weighted by Crippen LogP contribution is 2.20. The highest BCUT2D eigenvalue weighted by atomic mass is 32.2. The molecular weight excluding hydrogens is 376 g/mol. The molecule has 0 aliphatic carbocycles. The molecule has 1 N–H and O–H groups in total. The Morgan fingerprint density at radius 3 is 2.89 bits per heavy atom. The predicted octanol–water partition coefficient (Wildman–Crippen LogP) is 4.73. The lowest BCUT2D eigenvalue weighted by Crippen LogP contribution is -2.13. The van der Waals surface area contributed by atoms with Gasteiger partial charge in [-0.1, -0.05) is 11.8 Å². The first-order valence-electron chi connectivity index (χ1n) is 8.61. The summed E-state index contributed by atoms with van der Waals surface area (Å²) in [6.07, 6.45) is 10.00. The number of hydrogen-bond acceptors (Lipinski definition) is 6. The molecule has 0 unspecified atom stereocenters. The smallest absolute Gasteiger partial charge is 0.185 e. The van der Waals surface area contributed by atoms with E-state index in [0.717, 1.165) is 40.1 Å². The summed E-state index contributed by atoms with van der Waals surface area (Å²) in [4.78, 5) is 21.9. The molecule has 1 aliphatic rings. The van der Waals surface area contributed by atoms with Crippen LogP contribution < -0.4 is 5.32 Å². The minimum absolute atomic E-state index is 0.0106. The van der Waals surface area contributed by atoms with Crippen LogP contribution in [0, 0.1) is 0 Å². The van der Waals surface area contributed by atoms with Gasteiger partial charge in [0, 0.05) is 46.2 Å². The molecule has 3 heterocycles. The fourth-order valence-corrected chi connectivity index (χ4v) is 4.23. The molecule has 27 heavy (non-hydrogen) atoms. The first kappa shape index (κ1) is 17.8. The van der Waals surface area contributed by atoms with Crippen molar-refractivity contribution < 1.29 is 4.79 Å². The monoisotopic (exact) mass is 394 g/mol. The number of thioether (sulfide) groups is 1. The summed E-state index contributed by atoms with van der Waals surface area (Å²) >= 11 is 3.33. The lowest BCUT2D eigenvalue weighted by Gasteiger charge is -2.13. The third-order valence-corrected chi connectivity index (χ3v) is 5.91. The largest absolute Gasteiger partial charge is 0.335 e. The molecule has 1 aliphatic heterocycles. The Labute approximate surface area is 165 Å². The van der Waals surface area contributed by atoms with Gasteiger partial charge in [0.2, 0.25) is 0 Å². The molecule has 4 rings (SSSR count). The maximum Gasteiger partial charge on any atom is 0.185 e. The van der Waals surface area contributed by atoms with Gasteiger partial charge in [-0.25, -0.2) is 4.98 Å². The lowest BCUT2D eigenvalue weighted by atomic mass is 10.1. The van der Waals surface area contributed by atoms with E-state index < -0.39 is 0 Å². The van der Waals surface area contributed by atoms with Gasteiger partial charge in [0.05, 0.1) is 12.0 Å². The molecule has 0 spiro atoms. The van der Waals surface area contributed by atoms with E-state index in [0.29, 0.717) is 5.56 Å². The highest BCUT2D eigenvalue weighted by molar-refractivity contribution is 8.14. The number of carbonyl (C=O) groups excluding carboxylic acids is 1. The lowest BCUT2D eigenvalue weighted by molar-refractivity contribution is 0.104. The van der Waals surface area contributed by atoms with Crippen molar-refractivity contribution in [2.45, 2.75) is 6.42 Å². The molecule has 0 atom stereocenters. The van der Waals surface area contributed by atoms with E-state index >= 15 is 0 Å². The Bertz CT molecular complexity index is 972. The van der Waals surface area contributed by atoms with Crippen LogP contribution in [0.25, 0.3) is 11.8 Å². The van der Waals surface area contributed by atoms with E-state index in [2.05, 4.69) is 15.3 Å². The van der Waals surface area contributed by atoms with Crippen molar-refractivity contribution in [2.24, 2.45) is 4.99 Å². The van der Waals surface area contributed by atoms with Gasteiger partial charge < -0.3 is 9.88 Å². The van der Waals surface area contributed by atoms with E-state index in [1.807, 2.05) is 52.6 Å². The van der Waals surface area contributed by atoms with Gasteiger partial charge in [0.15, 0.2) is 11.0 Å². The fourth-order valence-electron chi connectivity index (χ4n) is 2.61. The van der Waals surface area contributed by atoms with Gasteiger partial charge in [-0.15, -0.1) is 11.3 Å². The Kier molecular flexibility index (Phi) is 5.50. The van der Waals surface area contributed by atoms with Gasteiger partial charge >= 0.3 is 0 Å². The summed E-state index contributed by atoms with van der Waals surface area (Å²) in [6, 6.07) is 9.55. The van der Waals surface area contributed by atoms with Crippen molar-refractivity contribution in [2.75, 3.05) is 17.6 Å². The molecule has 1 aromatic carbocycles. The number of carbonyl (C=O) groups is 1. The number of benzene rings is 1. The second-order valence-electron chi connectivity index (χ2n) is 5.97. The summed E-state index contributed by atoms with van der Waals surface area (Å²) < 4.78 is 1.94. The Balaban J connectivity index is 1.39. The number of amidine groups is 1. The third-order valence-electron chi connectivity index (χ3n) is 4.02. The van der Waals surface area contributed by atoms with Crippen LogP contribution in [-0.4, -0.2) is 32.8 Å². The van der Waals surface area contributed by atoms with E-state index in [-0.39, 0.29) is 5.78 Å². The molecule has 0 fully saturated rings. The number of ketones is 1. The van der Waals surface area contributed by atoms with Crippen molar-refractivity contribution in [3.8, 4) is 5.69 Å². The Hall–Kier alpha value is -2.64. The molecule has 5 nitrogen and oxygen atoms in total. The van der Waals surface area contributed by atoms with Crippen molar-refractivity contribution in [1.82, 2.24) is 9.55 Å².